The van der Waals surface area contributed by atoms with Gasteiger partial charge in [0.15, 0.2) is 0 Å². The van der Waals surface area contributed by atoms with Gasteiger partial charge in [-0.05, 0) is 26.2 Å². The summed E-state index contributed by atoms with van der Waals surface area (Å²) in [5, 5.41) is 0. The molecule has 1 aromatic rings. The van der Waals surface area contributed by atoms with E-state index in [0.717, 1.165) is 12.5 Å². The Bertz CT molecular complexity index is 248. The van der Waals surface area contributed by atoms with E-state index in [-0.39, 0.29) is 0 Å². The first-order valence-electron chi connectivity index (χ1n) is 5.16. The van der Waals surface area contributed by atoms with E-state index in [0.29, 0.717) is 6.04 Å². The van der Waals surface area contributed by atoms with Crippen molar-refractivity contribution in [3.05, 3.63) is 18.7 Å². The topological polar surface area (TPSA) is 8.81 Å². The lowest BCUT2D eigenvalue weighted by molar-refractivity contribution is -0.715. The number of hydrogen-bond acceptors (Lipinski definition) is 0. The van der Waals surface area contributed by atoms with Gasteiger partial charge in [0, 0.05) is 0 Å². The minimum absolute atomic E-state index is 0.570. The number of aromatic nitrogens is 2. The fraction of sp³-hybridized carbons (Fsp3) is 0.727. The highest BCUT2D eigenvalue weighted by atomic mass is 15.1. The Balaban J connectivity index is 2.49. The number of hydrogen-bond donors (Lipinski definition) is 0. The summed E-state index contributed by atoms with van der Waals surface area (Å²) >= 11 is 0. The third-order valence-electron chi connectivity index (χ3n) is 2.27. The Morgan fingerprint density at radius 2 is 1.92 bits per heavy atom. The van der Waals surface area contributed by atoms with Gasteiger partial charge in [-0.3, -0.25) is 0 Å². The highest BCUT2D eigenvalue weighted by molar-refractivity contribution is 4.67. The maximum absolute atomic E-state index is 2.26. The molecule has 0 unspecified atom stereocenters. The molecule has 0 aliphatic rings. The summed E-state index contributed by atoms with van der Waals surface area (Å²) in [6, 6.07) is 0.570. The summed E-state index contributed by atoms with van der Waals surface area (Å²) in [5.41, 5.74) is 0. The van der Waals surface area contributed by atoms with Crippen LogP contribution in [-0.4, -0.2) is 4.57 Å². The van der Waals surface area contributed by atoms with Crippen molar-refractivity contribution in [2.45, 2.75) is 46.7 Å². The molecule has 0 fully saturated rings. The van der Waals surface area contributed by atoms with Gasteiger partial charge in [0.2, 0.25) is 6.33 Å². The van der Waals surface area contributed by atoms with E-state index in [1.165, 1.54) is 6.42 Å². The van der Waals surface area contributed by atoms with E-state index in [1.807, 2.05) is 0 Å². The summed E-state index contributed by atoms with van der Waals surface area (Å²) in [5.74, 6) is 0.787. The van der Waals surface area contributed by atoms with Crippen molar-refractivity contribution in [3.8, 4) is 0 Å². The van der Waals surface area contributed by atoms with Gasteiger partial charge in [0.05, 0.1) is 12.6 Å². The van der Waals surface area contributed by atoms with Crippen LogP contribution in [0.5, 0.6) is 0 Å². The third-order valence-corrected chi connectivity index (χ3v) is 2.27. The molecule has 0 spiro atoms. The van der Waals surface area contributed by atoms with Crippen molar-refractivity contribution in [2.24, 2.45) is 5.92 Å². The highest BCUT2D eigenvalue weighted by Gasteiger charge is 2.06. The van der Waals surface area contributed by atoms with E-state index < -0.39 is 0 Å². The minimum atomic E-state index is 0.570. The Kier molecular flexibility index (Phi) is 3.52. The summed E-state index contributed by atoms with van der Waals surface area (Å²) in [4.78, 5) is 0. The van der Waals surface area contributed by atoms with Crippen LogP contribution in [0.1, 0.15) is 40.2 Å². The Morgan fingerprint density at radius 3 is 2.38 bits per heavy atom. The summed E-state index contributed by atoms with van der Waals surface area (Å²) in [6.07, 6.45) is 7.74. The van der Waals surface area contributed by atoms with Gasteiger partial charge in [-0.2, -0.15) is 0 Å². The molecule has 0 N–H and O–H groups in total. The van der Waals surface area contributed by atoms with E-state index in [4.69, 9.17) is 0 Å². The molecule has 0 saturated carbocycles. The first kappa shape index (κ1) is 10.3. The maximum Gasteiger partial charge on any atom is 0.243 e. The second-order valence-electron chi connectivity index (χ2n) is 4.37. The van der Waals surface area contributed by atoms with Gasteiger partial charge in [-0.15, -0.1) is 0 Å². The molecule has 0 amide bonds. The largest absolute Gasteiger partial charge is 0.243 e. The fourth-order valence-corrected chi connectivity index (χ4v) is 1.26. The van der Waals surface area contributed by atoms with Crippen molar-refractivity contribution < 1.29 is 4.57 Å². The number of nitrogens with zero attached hydrogens (tertiary/aromatic N) is 2. The average molecular weight is 181 g/mol. The first-order chi connectivity index (χ1) is 6.09. The zero-order chi connectivity index (χ0) is 9.84. The predicted octanol–water partition coefficient (Wildman–Crippen LogP) is 2.40. The molecule has 2 heteroatoms. The molecule has 0 aliphatic heterocycles. The predicted molar refractivity (Wildman–Crippen MR) is 54.5 cm³/mol. The smallest absolute Gasteiger partial charge is 0.237 e. The lowest BCUT2D eigenvalue weighted by atomic mass is 10.1. The molecule has 13 heavy (non-hydrogen) atoms. The van der Waals surface area contributed by atoms with Crippen LogP contribution >= 0.6 is 0 Å². The molecule has 0 aromatic carbocycles. The van der Waals surface area contributed by atoms with E-state index in [2.05, 4.69) is 55.6 Å². The zero-order valence-electron chi connectivity index (χ0n) is 9.20. The van der Waals surface area contributed by atoms with Crippen LogP contribution in [-0.2, 0) is 6.54 Å². The van der Waals surface area contributed by atoms with Crippen molar-refractivity contribution in [1.82, 2.24) is 4.57 Å². The normalized spacial score (nSPS) is 11.5. The van der Waals surface area contributed by atoms with Gasteiger partial charge in [0.1, 0.15) is 12.4 Å². The summed E-state index contributed by atoms with van der Waals surface area (Å²) < 4.78 is 4.50. The lowest BCUT2D eigenvalue weighted by Crippen LogP contribution is -2.33. The average Bonchev–Trinajstić information content (AvgIpc) is 2.48. The third kappa shape index (κ3) is 3.21. The van der Waals surface area contributed by atoms with Crippen LogP contribution in [0.25, 0.3) is 0 Å². The SMILES string of the molecule is CC(C)CCn1cc[n+](C(C)C)c1. The summed E-state index contributed by atoms with van der Waals surface area (Å²) in [6.45, 7) is 10.1. The van der Waals surface area contributed by atoms with Crippen molar-refractivity contribution in [1.29, 1.82) is 0 Å². The van der Waals surface area contributed by atoms with E-state index in [9.17, 15) is 0 Å². The van der Waals surface area contributed by atoms with E-state index in [1.54, 1.807) is 0 Å². The maximum atomic E-state index is 2.26. The Morgan fingerprint density at radius 1 is 1.23 bits per heavy atom. The van der Waals surface area contributed by atoms with Crippen LogP contribution in [0.4, 0.5) is 0 Å². The van der Waals surface area contributed by atoms with Crippen LogP contribution in [0, 0.1) is 5.92 Å². The summed E-state index contributed by atoms with van der Waals surface area (Å²) in [7, 11) is 0. The second-order valence-corrected chi connectivity index (χ2v) is 4.37. The minimum Gasteiger partial charge on any atom is -0.237 e. The van der Waals surface area contributed by atoms with Gasteiger partial charge in [-0.1, -0.05) is 13.8 Å². The van der Waals surface area contributed by atoms with Gasteiger partial charge in [-0.25, -0.2) is 9.13 Å². The Labute approximate surface area is 81.2 Å². The van der Waals surface area contributed by atoms with Gasteiger partial charge >= 0.3 is 0 Å². The Hall–Kier alpha value is -0.790. The number of imidazole rings is 1. The molecule has 1 heterocycles. The molecule has 74 valence electrons. The van der Waals surface area contributed by atoms with E-state index >= 15 is 0 Å². The molecule has 0 saturated heterocycles. The molecular weight excluding hydrogens is 160 g/mol. The van der Waals surface area contributed by atoms with Crippen LogP contribution < -0.4 is 4.57 Å². The van der Waals surface area contributed by atoms with Crippen LogP contribution in [0.3, 0.4) is 0 Å². The number of aryl methyl sites for hydroxylation is 1. The van der Waals surface area contributed by atoms with Crippen molar-refractivity contribution >= 4 is 0 Å². The van der Waals surface area contributed by atoms with Crippen molar-refractivity contribution in [2.75, 3.05) is 0 Å². The molecule has 0 radical (unpaired) electrons. The molecule has 0 atom stereocenters. The monoisotopic (exact) mass is 181 g/mol. The standard InChI is InChI=1S/C11H21N2/c1-10(2)5-6-12-7-8-13(9-12)11(3)4/h7-11H,5-6H2,1-4H3/q+1. The molecule has 2 nitrogen and oxygen atoms in total. The molecular formula is C11H21N2+. The van der Waals surface area contributed by atoms with Gasteiger partial charge < -0.3 is 0 Å². The molecule has 0 aliphatic carbocycles. The fourth-order valence-electron chi connectivity index (χ4n) is 1.26. The van der Waals surface area contributed by atoms with Crippen molar-refractivity contribution in [3.63, 3.8) is 0 Å². The number of rotatable bonds is 4. The molecule has 0 bridgehead atoms. The lowest BCUT2D eigenvalue weighted by Gasteiger charge is -2.01. The first-order valence-corrected chi connectivity index (χ1v) is 5.16. The van der Waals surface area contributed by atoms with Gasteiger partial charge in [0.25, 0.3) is 0 Å². The molecule has 1 rings (SSSR count). The van der Waals surface area contributed by atoms with Crippen LogP contribution in [0.2, 0.25) is 0 Å². The zero-order valence-corrected chi connectivity index (χ0v) is 9.20. The molecule has 1 aromatic heterocycles. The second kappa shape index (κ2) is 4.45. The van der Waals surface area contributed by atoms with Crippen LogP contribution in [0.15, 0.2) is 18.7 Å². The quantitative estimate of drug-likeness (QED) is 0.631. The highest BCUT2D eigenvalue weighted by Crippen LogP contribution is 2.02.